The van der Waals surface area contributed by atoms with E-state index in [0.29, 0.717) is 26.2 Å². The minimum atomic E-state index is -0.369. The van der Waals surface area contributed by atoms with Crippen LogP contribution in [-0.4, -0.2) is 54.9 Å². The lowest BCUT2D eigenvalue weighted by Gasteiger charge is -2.24. The monoisotopic (exact) mass is 439 g/mol. The van der Waals surface area contributed by atoms with E-state index >= 15 is 0 Å². The van der Waals surface area contributed by atoms with Crippen LogP contribution >= 0.6 is 0 Å². The quantitative estimate of drug-likeness (QED) is 0.501. The number of carbonyl (C=O) groups is 1. The van der Waals surface area contributed by atoms with E-state index in [1.54, 1.807) is 19.1 Å². The minimum Gasteiger partial charge on any atom is -0.463 e. The van der Waals surface area contributed by atoms with Gasteiger partial charge in [-0.05, 0) is 54.2 Å². The molecule has 1 aliphatic heterocycles. The van der Waals surface area contributed by atoms with Gasteiger partial charge in [0.1, 0.15) is 5.82 Å². The van der Waals surface area contributed by atoms with Gasteiger partial charge in [0.25, 0.3) is 0 Å². The van der Waals surface area contributed by atoms with Crippen LogP contribution in [0, 0.1) is 5.82 Å². The van der Waals surface area contributed by atoms with Crippen molar-refractivity contribution in [2.24, 2.45) is 0 Å². The highest BCUT2D eigenvalue weighted by Gasteiger charge is 2.41. The van der Waals surface area contributed by atoms with Crippen LogP contribution in [-0.2, 0) is 20.7 Å². The average Bonchev–Trinajstić information content (AvgIpc) is 3.14. The van der Waals surface area contributed by atoms with Crippen LogP contribution < -0.4 is 0 Å². The molecule has 1 aliphatic carbocycles. The zero-order chi connectivity index (χ0) is 22.5. The number of benzene rings is 2. The molecule has 0 saturated carbocycles. The lowest BCUT2D eigenvalue weighted by atomic mass is 9.87. The molecule has 0 radical (unpaired) electrons. The van der Waals surface area contributed by atoms with Gasteiger partial charge in [0.2, 0.25) is 0 Å². The van der Waals surface area contributed by atoms with Crippen LogP contribution in [0.25, 0.3) is 0 Å². The fourth-order valence-corrected chi connectivity index (χ4v) is 4.89. The van der Waals surface area contributed by atoms with E-state index < -0.39 is 0 Å². The number of ether oxygens (including phenoxy) is 2. The Morgan fingerprint density at radius 3 is 2.88 bits per heavy atom. The molecule has 1 fully saturated rings. The van der Waals surface area contributed by atoms with E-state index in [1.165, 1.54) is 23.3 Å². The van der Waals surface area contributed by atoms with Crippen molar-refractivity contribution in [3.63, 3.8) is 0 Å². The first kappa shape index (κ1) is 22.6. The zero-order valence-electron chi connectivity index (χ0n) is 18.4. The Balaban J connectivity index is 1.53. The molecular formula is C26H30FNO4. The van der Waals surface area contributed by atoms with Crippen LogP contribution in [0.15, 0.2) is 54.6 Å². The number of hydrogen-bond donors (Lipinski definition) is 1. The first-order valence-electron chi connectivity index (χ1n) is 11.3. The number of aliphatic hydroxyl groups excluding tert-OH is 1. The number of rotatable bonds is 8. The number of aliphatic hydroxyl groups is 1. The van der Waals surface area contributed by atoms with Gasteiger partial charge in [-0.15, -0.1) is 0 Å². The SMILES string of the molecule is CCOC(=O)C=CCN(CCO)C[C@H]1C[C@@H]2c3ccccc3Cc3ccc(F)cc3[C@@H]2O1. The van der Waals surface area contributed by atoms with E-state index in [9.17, 15) is 14.3 Å². The maximum absolute atomic E-state index is 14.1. The summed E-state index contributed by atoms with van der Waals surface area (Å²) in [4.78, 5) is 13.6. The topological polar surface area (TPSA) is 59.0 Å². The normalized spacial score (nSPS) is 21.8. The highest BCUT2D eigenvalue weighted by molar-refractivity contribution is 5.81. The summed E-state index contributed by atoms with van der Waals surface area (Å²) >= 11 is 0. The summed E-state index contributed by atoms with van der Waals surface area (Å²) in [6, 6.07) is 13.4. The van der Waals surface area contributed by atoms with E-state index in [4.69, 9.17) is 9.47 Å². The number of nitrogens with zero attached hydrogens (tertiary/aromatic N) is 1. The Morgan fingerprint density at radius 2 is 2.06 bits per heavy atom. The number of halogens is 1. The second-order valence-corrected chi connectivity index (χ2v) is 8.38. The van der Waals surface area contributed by atoms with Crippen LogP contribution in [0.4, 0.5) is 4.39 Å². The number of hydrogen-bond acceptors (Lipinski definition) is 5. The zero-order valence-corrected chi connectivity index (χ0v) is 18.4. The van der Waals surface area contributed by atoms with Crippen molar-refractivity contribution in [2.75, 3.05) is 32.8 Å². The molecule has 1 N–H and O–H groups in total. The van der Waals surface area contributed by atoms with Gasteiger partial charge in [0.05, 0.1) is 25.4 Å². The van der Waals surface area contributed by atoms with Crippen LogP contribution in [0.3, 0.4) is 0 Å². The molecule has 4 rings (SSSR count). The lowest BCUT2D eigenvalue weighted by Crippen LogP contribution is -2.34. The van der Waals surface area contributed by atoms with Gasteiger partial charge < -0.3 is 14.6 Å². The van der Waals surface area contributed by atoms with Crippen molar-refractivity contribution in [1.29, 1.82) is 0 Å². The molecule has 0 spiro atoms. The van der Waals surface area contributed by atoms with E-state index in [-0.39, 0.29) is 36.5 Å². The molecule has 2 aliphatic rings. The molecule has 0 unspecified atom stereocenters. The molecule has 6 heteroatoms. The Bertz CT molecular complexity index is 976. The molecule has 0 aromatic heterocycles. The number of esters is 1. The van der Waals surface area contributed by atoms with E-state index in [1.807, 2.05) is 6.07 Å². The van der Waals surface area contributed by atoms with Crippen LogP contribution in [0.5, 0.6) is 0 Å². The van der Waals surface area contributed by atoms with Crippen molar-refractivity contribution in [1.82, 2.24) is 4.90 Å². The van der Waals surface area contributed by atoms with Crippen molar-refractivity contribution in [3.8, 4) is 0 Å². The fourth-order valence-electron chi connectivity index (χ4n) is 4.89. The summed E-state index contributed by atoms with van der Waals surface area (Å²) in [5.74, 6) is -0.456. The molecule has 32 heavy (non-hydrogen) atoms. The highest BCUT2D eigenvalue weighted by atomic mass is 19.1. The molecule has 2 aromatic carbocycles. The van der Waals surface area contributed by atoms with E-state index in [0.717, 1.165) is 24.0 Å². The second kappa shape index (κ2) is 10.4. The van der Waals surface area contributed by atoms with Gasteiger partial charge in [0.15, 0.2) is 0 Å². The smallest absolute Gasteiger partial charge is 0.330 e. The standard InChI is InChI=1S/C26H30FNO4/c1-2-31-25(30)8-5-11-28(12-13-29)17-21-16-24-22-7-4-3-6-18(22)14-19-9-10-20(27)15-23(19)26(24)32-21/h3-10,15,21,24,26,29H,2,11-14,16-17H2,1H3/t21-,24-,26+/m1/s1. The summed E-state index contributed by atoms with van der Waals surface area (Å²) in [5, 5.41) is 9.50. The molecular weight excluding hydrogens is 409 g/mol. The number of carbonyl (C=O) groups excluding carboxylic acids is 1. The molecule has 0 bridgehead atoms. The summed E-state index contributed by atoms with van der Waals surface area (Å²) in [5.41, 5.74) is 4.58. The molecule has 170 valence electrons. The van der Waals surface area contributed by atoms with Gasteiger partial charge in [-0.1, -0.05) is 36.4 Å². The third kappa shape index (κ3) is 5.09. The first-order valence-corrected chi connectivity index (χ1v) is 11.3. The maximum atomic E-state index is 14.1. The Kier molecular flexibility index (Phi) is 7.35. The van der Waals surface area contributed by atoms with Gasteiger partial charge in [-0.2, -0.15) is 0 Å². The maximum Gasteiger partial charge on any atom is 0.330 e. The largest absolute Gasteiger partial charge is 0.463 e. The lowest BCUT2D eigenvalue weighted by molar-refractivity contribution is -0.137. The Hall–Kier alpha value is -2.54. The summed E-state index contributed by atoms with van der Waals surface area (Å²) in [6.45, 7) is 3.73. The first-order chi connectivity index (χ1) is 15.6. The summed E-state index contributed by atoms with van der Waals surface area (Å²) in [6.07, 6.45) is 4.52. The van der Waals surface area contributed by atoms with Crippen molar-refractivity contribution in [3.05, 3.63) is 82.7 Å². The average molecular weight is 440 g/mol. The van der Waals surface area contributed by atoms with Crippen LogP contribution in [0.2, 0.25) is 0 Å². The van der Waals surface area contributed by atoms with Crippen molar-refractivity contribution < 1.29 is 23.8 Å². The summed E-state index contributed by atoms with van der Waals surface area (Å²) < 4.78 is 25.6. The molecule has 1 saturated heterocycles. The fraction of sp³-hybridized carbons (Fsp3) is 0.423. The predicted molar refractivity (Wildman–Crippen MR) is 120 cm³/mol. The molecule has 1 heterocycles. The van der Waals surface area contributed by atoms with Crippen molar-refractivity contribution in [2.45, 2.75) is 37.9 Å². The Labute approximate surface area is 188 Å². The van der Waals surface area contributed by atoms with Crippen LogP contribution in [0.1, 0.15) is 47.6 Å². The van der Waals surface area contributed by atoms with E-state index in [2.05, 4.69) is 29.2 Å². The molecule has 2 aromatic rings. The van der Waals surface area contributed by atoms with Gasteiger partial charge in [0, 0.05) is 31.6 Å². The van der Waals surface area contributed by atoms with Gasteiger partial charge >= 0.3 is 5.97 Å². The molecule has 0 amide bonds. The van der Waals surface area contributed by atoms with Gasteiger partial charge in [-0.3, -0.25) is 4.90 Å². The molecule has 3 atom stereocenters. The Morgan fingerprint density at radius 1 is 1.25 bits per heavy atom. The number of fused-ring (bicyclic) bond motifs is 5. The minimum absolute atomic E-state index is 0.0176. The highest BCUT2D eigenvalue weighted by Crippen LogP contribution is 2.49. The third-order valence-corrected chi connectivity index (χ3v) is 6.25. The predicted octanol–water partition coefficient (Wildman–Crippen LogP) is 3.76. The van der Waals surface area contributed by atoms with Crippen molar-refractivity contribution >= 4 is 5.97 Å². The van der Waals surface area contributed by atoms with Gasteiger partial charge in [-0.25, -0.2) is 9.18 Å². The molecule has 5 nitrogen and oxygen atoms in total. The second-order valence-electron chi connectivity index (χ2n) is 8.38. The third-order valence-electron chi connectivity index (χ3n) is 6.25. The summed E-state index contributed by atoms with van der Waals surface area (Å²) in [7, 11) is 0.